The Morgan fingerprint density at radius 2 is 2.05 bits per heavy atom. The van der Waals surface area contributed by atoms with Gasteiger partial charge >= 0.3 is 5.97 Å². The number of hydrogen-bond donors (Lipinski definition) is 2. The molecule has 1 heterocycles. The number of aliphatic carboxylic acids is 1. The molecule has 0 amide bonds. The first-order chi connectivity index (χ1) is 10.4. The number of nitrogens with zero attached hydrogens (tertiary/aromatic N) is 1. The van der Waals surface area contributed by atoms with Crippen LogP contribution in [0, 0.1) is 3.57 Å². The van der Waals surface area contributed by atoms with E-state index < -0.39 is 11.6 Å². The lowest BCUT2D eigenvalue weighted by Crippen LogP contribution is -2.35. The summed E-state index contributed by atoms with van der Waals surface area (Å²) in [4.78, 5) is 15.5. The largest absolute Gasteiger partial charge is 0.479 e. The first-order valence-electron chi connectivity index (χ1n) is 6.56. The third kappa shape index (κ3) is 2.58. The summed E-state index contributed by atoms with van der Waals surface area (Å²) in [5, 5.41) is 8.97. The summed E-state index contributed by atoms with van der Waals surface area (Å²) < 4.78 is 15.3. The average molecular weight is 410 g/mol. The highest BCUT2D eigenvalue weighted by atomic mass is 127. The van der Waals surface area contributed by atoms with Crippen molar-refractivity contribution in [2.75, 3.05) is 5.73 Å². The van der Waals surface area contributed by atoms with Crippen molar-refractivity contribution in [3.63, 3.8) is 0 Å². The molecule has 1 aliphatic carbocycles. The molecule has 0 radical (unpaired) electrons. The standard InChI is InChI=1S/C16H12FIN2O2/c17-16(15(21)22)6-5-13-10(8-16)7-12(19)14(20-13)9-1-3-11(18)4-2-9/h1-7H,8,19H2,(H,21,22). The van der Waals surface area contributed by atoms with Gasteiger partial charge in [0, 0.05) is 15.6 Å². The van der Waals surface area contributed by atoms with Crippen LogP contribution in [0.4, 0.5) is 10.1 Å². The van der Waals surface area contributed by atoms with Crippen LogP contribution < -0.4 is 5.73 Å². The lowest BCUT2D eigenvalue weighted by Gasteiger charge is -2.22. The Kier molecular flexibility index (Phi) is 3.64. The minimum atomic E-state index is -2.40. The molecule has 1 unspecified atom stereocenters. The number of pyridine rings is 1. The van der Waals surface area contributed by atoms with Gasteiger partial charge in [0.2, 0.25) is 5.67 Å². The van der Waals surface area contributed by atoms with E-state index in [1.54, 1.807) is 6.07 Å². The minimum absolute atomic E-state index is 0.266. The summed E-state index contributed by atoms with van der Waals surface area (Å²) in [6.45, 7) is 0. The highest BCUT2D eigenvalue weighted by Gasteiger charge is 2.39. The molecule has 1 aromatic carbocycles. The molecular weight excluding hydrogens is 398 g/mol. The molecule has 3 rings (SSSR count). The third-order valence-corrected chi connectivity index (χ3v) is 4.31. The smallest absolute Gasteiger partial charge is 0.345 e. The monoisotopic (exact) mass is 410 g/mol. The molecule has 6 heteroatoms. The number of anilines is 1. The molecule has 0 spiro atoms. The highest BCUT2D eigenvalue weighted by molar-refractivity contribution is 14.1. The van der Waals surface area contributed by atoms with Gasteiger partial charge < -0.3 is 10.8 Å². The Hall–Kier alpha value is -1.96. The zero-order chi connectivity index (χ0) is 15.9. The van der Waals surface area contributed by atoms with Gasteiger partial charge in [-0.05, 0) is 58.5 Å². The van der Waals surface area contributed by atoms with E-state index in [2.05, 4.69) is 27.6 Å². The van der Waals surface area contributed by atoms with Crippen LogP contribution in [-0.4, -0.2) is 21.7 Å². The van der Waals surface area contributed by atoms with E-state index in [1.807, 2.05) is 24.3 Å². The van der Waals surface area contributed by atoms with Crippen molar-refractivity contribution in [1.29, 1.82) is 0 Å². The molecule has 1 atom stereocenters. The molecule has 3 N–H and O–H groups in total. The van der Waals surface area contributed by atoms with E-state index in [1.165, 1.54) is 6.08 Å². The Balaban J connectivity index is 2.06. The lowest BCUT2D eigenvalue weighted by atomic mass is 9.89. The van der Waals surface area contributed by atoms with Gasteiger partial charge in [-0.2, -0.15) is 0 Å². The third-order valence-electron chi connectivity index (χ3n) is 3.59. The zero-order valence-electron chi connectivity index (χ0n) is 11.4. The van der Waals surface area contributed by atoms with Crippen LogP contribution in [-0.2, 0) is 11.2 Å². The summed E-state index contributed by atoms with van der Waals surface area (Å²) in [5.41, 5.74) is 6.56. The second kappa shape index (κ2) is 5.35. The normalized spacial score (nSPS) is 19.7. The Labute approximate surface area is 140 Å². The number of benzene rings is 1. The Morgan fingerprint density at radius 3 is 2.68 bits per heavy atom. The fraction of sp³-hybridized carbons (Fsp3) is 0.125. The van der Waals surface area contributed by atoms with Crippen molar-refractivity contribution < 1.29 is 14.3 Å². The number of rotatable bonds is 2. The summed E-state index contributed by atoms with van der Waals surface area (Å²) in [5.74, 6) is -1.50. The Morgan fingerprint density at radius 1 is 1.36 bits per heavy atom. The number of carboxylic acids is 1. The van der Waals surface area contributed by atoms with E-state index in [-0.39, 0.29) is 6.42 Å². The van der Waals surface area contributed by atoms with Crippen LogP contribution in [0.25, 0.3) is 17.3 Å². The van der Waals surface area contributed by atoms with Crippen LogP contribution in [0.2, 0.25) is 0 Å². The summed E-state index contributed by atoms with van der Waals surface area (Å²) in [7, 11) is 0. The van der Waals surface area contributed by atoms with Crippen LogP contribution >= 0.6 is 22.6 Å². The first-order valence-corrected chi connectivity index (χ1v) is 7.64. The number of nitrogen functional groups attached to an aromatic ring is 1. The van der Waals surface area contributed by atoms with Gasteiger partial charge in [-0.3, -0.25) is 0 Å². The van der Waals surface area contributed by atoms with Crippen LogP contribution in [0.1, 0.15) is 11.3 Å². The van der Waals surface area contributed by atoms with E-state index in [4.69, 9.17) is 10.8 Å². The molecule has 0 saturated carbocycles. The van der Waals surface area contributed by atoms with Gasteiger partial charge in [-0.1, -0.05) is 12.1 Å². The number of carbonyl (C=O) groups is 1. The number of aromatic nitrogens is 1. The van der Waals surface area contributed by atoms with Crippen molar-refractivity contribution in [3.05, 3.63) is 51.2 Å². The van der Waals surface area contributed by atoms with Gasteiger partial charge in [0.25, 0.3) is 0 Å². The Bertz CT molecular complexity index is 789. The molecule has 112 valence electrons. The molecule has 1 aromatic heterocycles. The predicted octanol–water partition coefficient (Wildman–Crippen LogP) is 3.30. The van der Waals surface area contributed by atoms with Gasteiger partial charge in [0.15, 0.2) is 0 Å². The maximum absolute atomic E-state index is 14.2. The number of carboxylic acid groups (broad SMARTS) is 1. The molecule has 22 heavy (non-hydrogen) atoms. The second-order valence-electron chi connectivity index (χ2n) is 5.16. The van der Waals surface area contributed by atoms with Gasteiger partial charge in [0.1, 0.15) is 0 Å². The van der Waals surface area contributed by atoms with Crippen molar-refractivity contribution in [2.45, 2.75) is 12.1 Å². The van der Waals surface area contributed by atoms with Gasteiger partial charge in [-0.15, -0.1) is 0 Å². The number of fused-ring (bicyclic) bond motifs is 1. The van der Waals surface area contributed by atoms with E-state index in [0.29, 0.717) is 22.6 Å². The molecule has 0 saturated heterocycles. The number of halogens is 2. The topological polar surface area (TPSA) is 76.2 Å². The molecule has 0 fully saturated rings. The van der Waals surface area contributed by atoms with Crippen molar-refractivity contribution >= 4 is 40.3 Å². The van der Waals surface area contributed by atoms with Gasteiger partial charge in [0.05, 0.1) is 17.1 Å². The molecular formula is C16H12FIN2O2. The lowest BCUT2D eigenvalue weighted by molar-refractivity contribution is -0.147. The summed E-state index contributed by atoms with van der Waals surface area (Å²) in [6, 6.07) is 9.33. The maximum Gasteiger partial charge on any atom is 0.345 e. The first kappa shape index (κ1) is 15.0. The van der Waals surface area contributed by atoms with Crippen molar-refractivity contribution in [3.8, 4) is 11.3 Å². The van der Waals surface area contributed by atoms with E-state index in [0.717, 1.165) is 15.2 Å². The van der Waals surface area contributed by atoms with Gasteiger partial charge in [-0.25, -0.2) is 14.2 Å². The highest BCUT2D eigenvalue weighted by Crippen LogP contribution is 2.33. The van der Waals surface area contributed by atoms with Crippen LogP contribution in [0.15, 0.2) is 36.4 Å². The van der Waals surface area contributed by atoms with E-state index >= 15 is 0 Å². The maximum atomic E-state index is 14.2. The zero-order valence-corrected chi connectivity index (χ0v) is 13.5. The van der Waals surface area contributed by atoms with Crippen molar-refractivity contribution in [2.24, 2.45) is 0 Å². The molecule has 4 nitrogen and oxygen atoms in total. The second-order valence-corrected chi connectivity index (χ2v) is 6.40. The number of hydrogen-bond acceptors (Lipinski definition) is 3. The number of nitrogens with two attached hydrogens (primary N) is 1. The van der Waals surface area contributed by atoms with Crippen LogP contribution in [0.5, 0.6) is 0 Å². The molecule has 1 aliphatic rings. The fourth-order valence-corrected chi connectivity index (χ4v) is 2.77. The summed E-state index contributed by atoms with van der Waals surface area (Å²) in [6.07, 6.45) is 2.18. The molecule has 0 bridgehead atoms. The SMILES string of the molecule is Nc1cc2c(nc1-c1ccc(I)cc1)C=CC(F)(C(=O)O)C2. The summed E-state index contributed by atoms with van der Waals surface area (Å²) >= 11 is 2.21. The van der Waals surface area contributed by atoms with Crippen molar-refractivity contribution in [1.82, 2.24) is 4.98 Å². The number of alkyl halides is 1. The predicted molar refractivity (Wildman–Crippen MR) is 91.0 cm³/mol. The average Bonchev–Trinajstić information content (AvgIpc) is 2.47. The minimum Gasteiger partial charge on any atom is -0.479 e. The quantitative estimate of drug-likeness (QED) is 0.746. The van der Waals surface area contributed by atoms with Crippen LogP contribution in [0.3, 0.4) is 0 Å². The van der Waals surface area contributed by atoms with E-state index in [9.17, 15) is 9.18 Å². The fourth-order valence-electron chi connectivity index (χ4n) is 2.41. The molecule has 2 aromatic rings. The molecule has 0 aliphatic heterocycles.